The summed E-state index contributed by atoms with van der Waals surface area (Å²) >= 11 is 0. The van der Waals surface area contributed by atoms with Crippen LogP contribution >= 0.6 is 0 Å². The number of carbonyl (C=O) groups excluding carboxylic acids is 2. The van der Waals surface area contributed by atoms with Crippen molar-refractivity contribution in [3.63, 3.8) is 0 Å². The maximum Gasteiger partial charge on any atom is 0.421 e. The Hall–Kier alpha value is -2.32. The number of alkyl halides is 3. The maximum absolute atomic E-state index is 13.1. The lowest BCUT2D eigenvalue weighted by Gasteiger charge is -2.37. The van der Waals surface area contributed by atoms with Gasteiger partial charge in [0.25, 0.3) is 0 Å². The Kier molecular flexibility index (Phi) is 6.64. The van der Waals surface area contributed by atoms with Gasteiger partial charge in [0, 0.05) is 51.1 Å². The van der Waals surface area contributed by atoms with Crippen LogP contribution in [0.2, 0.25) is 0 Å². The maximum atomic E-state index is 13.1. The van der Waals surface area contributed by atoms with E-state index in [0.717, 1.165) is 18.9 Å². The lowest BCUT2D eigenvalue weighted by atomic mass is 9.92. The smallest absolute Gasteiger partial charge is 0.421 e. The molecule has 1 aromatic rings. The zero-order valence-corrected chi connectivity index (χ0v) is 16.5. The molecule has 1 aromatic heterocycles. The van der Waals surface area contributed by atoms with Crippen LogP contribution in [0.1, 0.15) is 38.2 Å². The molecule has 2 fully saturated rings. The summed E-state index contributed by atoms with van der Waals surface area (Å²) in [5, 5.41) is 0. The number of hydrogen-bond donors (Lipinski definition) is 0. The number of ether oxygens (including phenoxy) is 1. The number of hydrogen-bond acceptors (Lipinski definition) is 4. The number of nitrogens with zero attached hydrogens (tertiary/aromatic N) is 3. The number of likely N-dealkylation sites (tertiary alicyclic amines) is 2. The van der Waals surface area contributed by atoms with Crippen LogP contribution in [0, 0.1) is 11.8 Å². The lowest BCUT2D eigenvalue weighted by Crippen LogP contribution is -2.47. The van der Waals surface area contributed by atoms with Gasteiger partial charge in [-0.25, -0.2) is 4.98 Å². The second-order valence-electron chi connectivity index (χ2n) is 7.74. The van der Waals surface area contributed by atoms with Gasteiger partial charge in [-0.1, -0.05) is 0 Å². The van der Waals surface area contributed by atoms with E-state index in [9.17, 15) is 22.8 Å². The van der Waals surface area contributed by atoms with Crippen molar-refractivity contribution in [2.24, 2.45) is 11.8 Å². The first kappa shape index (κ1) is 21.4. The van der Waals surface area contributed by atoms with Crippen LogP contribution < -0.4 is 4.74 Å². The predicted octanol–water partition coefficient (Wildman–Crippen LogP) is 2.98. The van der Waals surface area contributed by atoms with Crippen molar-refractivity contribution < 1.29 is 27.5 Å². The average Bonchev–Trinajstić information content (AvgIpc) is 2.71. The highest BCUT2D eigenvalue weighted by molar-refractivity contribution is 5.79. The van der Waals surface area contributed by atoms with Gasteiger partial charge >= 0.3 is 6.18 Å². The third-order valence-corrected chi connectivity index (χ3v) is 5.65. The molecule has 2 saturated heterocycles. The van der Waals surface area contributed by atoms with Crippen molar-refractivity contribution in [1.82, 2.24) is 14.8 Å². The summed E-state index contributed by atoms with van der Waals surface area (Å²) in [4.78, 5) is 31.6. The summed E-state index contributed by atoms with van der Waals surface area (Å²) in [5.74, 6) is -0.448. The van der Waals surface area contributed by atoms with E-state index in [4.69, 9.17) is 4.74 Å². The second-order valence-corrected chi connectivity index (χ2v) is 7.74. The first-order valence-electron chi connectivity index (χ1n) is 9.95. The van der Waals surface area contributed by atoms with Crippen LogP contribution in [0.5, 0.6) is 5.88 Å². The lowest BCUT2D eigenvalue weighted by molar-refractivity contribution is -0.141. The number of halogens is 3. The Morgan fingerprint density at radius 1 is 1.17 bits per heavy atom. The SMILES string of the molecule is CC(=O)N1CCC(C(=O)N2CCCC(COc3ncccc3C(F)(F)F)C2)CC1. The van der Waals surface area contributed by atoms with Gasteiger partial charge in [0.15, 0.2) is 0 Å². The predicted molar refractivity (Wildman–Crippen MR) is 99.0 cm³/mol. The Bertz CT molecular complexity index is 733. The minimum absolute atomic E-state index is 0.0267. The molecule has 2 aliphatic heterocycles. The molecule has 9 heteroatoms. The first-order chi connectivity index (χ1) is 13.8. The largest absolute Gasteiger partial charge is 0.477 e. The van der Waals surface area contributed by atoms with Crippen molar-refractivity contribution in [1.29, 1.82) is 0 Å². The minimum atomic E-state index is -4.52. The fraction of sp³-hybridized carbons (Fsp3) is 0.650. The molecule has 1 atom stereocenters. The minimum Gasteiger partial charge on any atom is -0.477 e. The van der Waals surface area contributed by atoms with E-state index in [-0.39, 0.29) is 30.3 Å². The monoisotopic (exact) mass is 413 g/mol. The molecule has 0 bridgehead atoms. The van der Waals surface area contributed by atoms with Crippen molar-refractivity contribution >= 4 is 11.8 Å². The Balaban J connectivity index is 1.54. The number of piperidine rings is 2. The van der Waals surface area contributed by atoms with E-state index < -0.39 is 17.6 Å². The van der Waals surface area contributed by atoms with E-state index in [1.807, 2.05) is 0 Å². The normalized spacial score (nSPS) is 21.2. The summed E-state index contributed by atoms with van der Waals surface area (Å²) in [6.07, 6.45) is -0.360. The average molecular weight is 413 g/mol. The zero-order chi connectivity index (χ0) is 21.0. The Labute approximate surface area is 168 Å². The van der Waals surface area contributed by atoms with Crippen LogP contribution in [0.3, 0.4) is 0 Å². The van der Waals surface area contributed by atoms with E-state index in [2.05, 4.69) is 4.98 Å². The second kappa shape index (κ2) is 9.00. The molecule has 160 valence electrons. The molecule has 29 heavy (non-hydrogen) atoms. The van der Waals surface area contributed by atoms with Crippen molar-refractivity contribution in [2.45, 2.75) is 38.8 Å². The molecule has 3 rings (SSSR count). The fourth-order valence-electron chi connectivity index (χ4n) is 4.02. The molecule has 2 aliphatic rings. The molecule has 3 heterocycles. The van der Waals surface area contributed by atoms with Gasteiger partial charge in [-0.2, -0.15) is 13.2 Å². The molecule has 2 amide bonds. The topological polar surface area (TPSA) is 62.7 Å². The fourth-order valence-corrected chi connectivity index (χ4v) is 4.02. The highest BCUT2D eigenvalue weighted by Crippen LogP contribution is 2.35. The van der Waals surface area contributed by atoms with E-state index in [1.54, 1.807) is 9.80 Å². The Morgan fingerprint density at radius 2 is 1.90 bits per heavy atom. The van der Waals surface area contributed by atoms with Gasteiger partial charge in [-0.3, -0.25) is 9.59 Å². The molecule has 0 N–H and O–H groups in total. The van der Waals surface area contributed by atoms with Crippen molar-refractivity contribution in [2.75, 3.05) is 32.8 Å². The third-order valence-electron chi connectivity index (χ3n) is 5.65. The number of carbonyl (C=O) groups is 2. The summed E-state index contributed by atoms with van der Waals surface area (Å²) in [6.45, 7) is 3.92. The number of aromatic nitrogens is 1. The summed E-state index contributed by atoms with van der Waals surface area (Å²) < 4.78 is 44.6. The summed E-state index contributed by atoms with van der Waals surface area (Å²) in [5.41, 5.74) is -0.888. The molecule has 0 aliphatic carbocycles. The van der Waals surface area contributed by atoms with Crippen LogP contribution in [0.15, 0.2) is 18.3 Å². The van der Waals surface area contributed by atoms with Gasteiger partial charge in [-0.05, 0) is 37.8 Å². The third kappa shape index (κ3) is 5.39. The molecule has 0 aromatic carbocycles. The highest BCUT2D eigenvalue weighted by atomic mass is 19.4. The number of amides is 2. The van der Waals surface area contributed by atoms with Crippen LogP contribution in [0.4, 0.5) is 13.2 Å². The number of rotatable bonds is 4. The quantitative estimate of drug-likeness (QED) is 0.762. The van der Waals surface area contributed by atoms with Gasteiger partial charge in [0.1, 0.15) is 5.56 Å². The van der Waals surface area contributed by atoms with Crippen molar-refractivity contribution in [3.05, 3.63) is 23.9 Å². The first-order valence-corrected chi connectivity index (χ1v) is 9.95. The van der Waals surface area contributed by atoms with E-state index >= 15 is 0 Å². The Morgan fingerprint density at radius 3 is 2.55 bits per heavy atom. The van der Waals surface area contributed by atoms with E-state index in [1.165, 1.54) is 19.2 Å². The van der Waals surface area contributed by atoms with Crippen LogP contribution in [-0.4, -0.2) is 59.4 Å². The summed E-state index contributed by atoms with van der Waals surface area (Å²) in [6, 6.07) is 2.18. The molecule has 0 spiro atoms. The standard InChI is InChI=1S/C20H26F3N3O3/c1-14(27)25-10-6-16(7-11-25)19(28)26-9-3-4-15(12-26)13-29-18-17(20(21,22)23)5-2-8-24-18/h2,5,8,15-16H,3-4,6-7,9-13H2,1H3. The van der Waals surface area contributed by atoms with Gasteiger partial charge in [-0.15, -0.1) is 0 Å². The van der Waals surface area contributed by atoms with Gasteiger partial charge in [0.05, 0.1) is 6.61 Å². The van der Waals surface area contributed by atoms with E-state index in [0.29, 0.717) is 39.0 Å². The van der Waals surface area contributed by atoms with Crippen molar-refractivity contribution in [3.8, 4) is 5.88 Å². The van der Waals surface area contributed by atoms with Crippen LogP contribution in [0.25, 0.3) is 0 Å². The molecular weight excluding hydrogens is 387 g/mol. The summed E-state index contributed by atoms with van der Waals surface area (Å²) in [7, 11) is 0. The molecular formula is C20H26F3N3O3. The molecule has 6 nitrogen and oxygen atoms in total. The molecule has 0 radical (unpaired) electrons. The van der Waals surface area contributed by atoms with Gasteiger partial charge in [0.2, 0.25) is 17.7 Å². The van der Waals surface area contributed by atoms with Crippen LogP contribution in [-0.2, 0) is 15.8 Å². The zero-order valence-electron chi connectivity index (χ0n) is 16.5. The molecule has 1 unspecified atom stereocenters. The number of pyridine rings is 1. The molecule has 0 saturated carbocycles. The highest BCUT2D eigenvalue weighted by Gasteiger charge is 2.36. The van der Waals surface area contributed by atoms with Gasteiger partial charge < -0.3 is 14.5 Å².